The lowest BCUT2D eigenvalue weighted by Crippen LogP contribution is -2.14. The number of anilines is 1. The Morgan fingerprint density at radius 3 is 2.14 bits per heavy atom. The largest absolute Gasteiger partial charge is 0.378 e. The first kappa shape index (κ1) is 12.9. The van der Waals surface area contributed by atoms with Crippen molar-refractivity contribution in [1.82, 2.24) is 0 Å². The highest BCUT2D eigenvalue weighted by atomic mass is 35.5. The number of ketones is 1. The van der Waals surface area contributed by atoms with E-state index >= 15 is 0 Å². The summed E-state index contributed by atoms with van der Waals surface area (Å²) in [5, 5.41) is 0. The second-order valence-electron chi connectivity index (χ2n) is 3.07. The molecule has 1 aromatic rings. The van der Waals surface area contributed by atoms with Gasteiger partial charge in [0.1, 0.15) is 0 Å². The Morgan fingerprint density at radius 1 is 1.29 bits per heavy atom. The molecule has 0 amide bonds. The first-order chi connectivity index (χ1) is 6.15. The first-order valence-electron chi connectivity index (χ1n) is 4.16. The van der Waals surface area contributed by atoms with Crippen molar-refractivity contribution in [2.45, 2.75) is 0 Å². The third kappa shape index (κ3) is 3.01. The van der Waals surface area contributed by atoms with Crippen molar-refractivity contribution in [2.24, 2.45) is 5.73 Å². The van der Waals surface area contributed by atoms with Gasteiger partial charge in [-0.1, -0.05) is 0 Å². The molecular formula is C10H15ClN2O. The Balaban J connectivity index is 0.00000169. The van der Waals surface area contributed by atoms with Crippen molar-refractivity contribution < 1.29 is 4.79 Å². The quantitative estimate of drug-likeness (QED) is 0.772. The molecular weight excluding hydrogens is 200 g/mol. The molecule has 1 aromatic carbocycles. The highest BCUT2D eigenvalue weighted by molar-refractivity contribution is 5.97. The number of nitrogens with two attached hydrogens (primary N) is 1. The van der Waals surface area contributed by atoms with Gasteiger partial charge in [-0.2, -0.15) is 0 Å². The molecule has 1 rings (SSSR count). The molecule has 0 aliphatic rings. The van der Waals surface area contributed by atoms with Crippen molar-refractivity contribution in [3.8, 4) is 0 Å². The topological polar surface area (TPSA) is 46.3 Å². The summed E-state index contributed by atoms with van der Waals surface area (Å²) in [5.74, 6) is -0.0229. The minimum atomic E-state index is -0.0229. The molecule has 0 aliphatic carbocycles. The molecule has 0 saturated heterocycles. The summed E-state index contributed by atoms with van der Waals surface area (Å²) in [5.41, 5.74) is 6.99. The Hall–Kier alpha value is -1.06. The maximum absolute atomic E-state index is 11.2. The fraction of sp³-hybridized carbons (Fsp3) is 0.300. The monoisotopic (exact) mass is 214 g/mol. The van der Waals surface area contributed by atoms with Crippen LogP contribution in [0.3, 0.4) is 0 Å². The van der Waals surface area contributed by atoms with Crippen LogP contribution in [0, 0.1) is 0 Å². The standard InChI is InChI=1S/C10H14N2O.ClH/c1-12(2)9-5-3-8(4-6-9)10(13)7-11;/h3-6H,7,11H2,1-2H3;1H. The van der Waals surface area contributed by atoms with E-state index in [1.807, 2.05) is 31.1 Å². The molecule has 0 radical (unpaired) electrons. The molecule has 0 spiro atoms. The second kappa shape index (κ2) is 5.62. The molecule has 4 heteroatoms. The number of Topliss-reactive ketones (excluding diaryl/α,β-unsaturated/α-hetero) is 1. The fourth-order valence-corrected chi connectivity index (χ4v) is 1.06. The van der Waals surface area contributed by atoms with Crippen LogP contribution in [0.5, 0.6) is 0 Å². The van der Waals surface area contributed by atoms with Gasteiger partial charge in [-0.3, -0.25) is 4.79 Å². The van der Waals surface area contributed by atoms with Gasteiger partial charge in [0.05, 0.1) is 6.54 Å². The predicted molar refractivity (Wildman–Crippen MR) is 61.4 cm³/mol. The molecule has 0 unspecified atom stereocenters. The van der Waals surface area contributed by atoms with E-state index in [1.165, 1.54) is 0 Å². The SMILES string of the molecule is CN(C)c1ccc(C(=O)CN)cc1.Cl. The van der Waals surface area contributed by atoms with E-state index in [0.717, 1.165) is 5.69 Å². The average molecular weight is 215 g/mol. The van der Waals surface area contributed by atoms with Crippen molar-refractivity contribution >= 4 is 23.9 Å². The molecule has 0 bridgehead atoms. The minimum Gasteiger partial charge on any atom is -0.378 e. The van der Waals surface area contributed by atoms with Gasteiger partial charge in [0.2, 0.25) is 0 Å². The normalized spacial score (nSPS) is 9.07. The molecule has 2 N–H and O–H groups in total. The van der Waals surface area contributed by atoms with Gasteiger partial charge in [-0.15, -0.1) is 12.4 Å². The van der Waals surface area contributed by atoms with Crippen LogP contribution in [0.25, 0.3) is 0 Å². The van der Waals surface area contributed by atoms with Crippen LogP contribution in [0.2, 0.25) is 0 Å². The van der Waals surface area contributed by atoms with E-state index < -0.39 is 0 Å². The van der Waals surface area contributed by atoms with Crippen molar-refractivity contribution in [3.05, 3.63) is 29.8 Å². The number of hydrogen-bond donors (Lipinski definition) is 1. The number of nitrogens with zero attached hydrogens (tertiary/aromatic N) is 1. The van der Waals surface area contributed by atoms with Gasteiger partial charge in [0.15, 0.2) is 5.78 Å². The molecule has 14 heavy (non-hydrogen) atoms. The van der Waals surface area contributed by atoms with Crippen LogP contribution in [0.1, 0.15) is 10.4 Å². The lowest BCUT2D eigenvalue weighted by molar-refractivity contribution is 0.100. The van der Waals surface area contributed by atoms with Crippen molar-refractivity contribution in [2.75, 3.05) is 25.5 Å². The van der Waals surface area contributed by atoms with Crippen LogP contribution in [-0.4, -0.2) is 26.4 Å². The number of rotatable bonds is 3. The van der Waals surface area contributed by atoms with Gasteiger partial charge in [0, 0.05) is 25.3 Å². The number of hydrogen-bond acceptors (Lipinski definition) is 3. The molecule has 78 valence electrons. The third-order valence-electron chi connectivity index (χ3n) is 1.89. The summed E-state index contributed by atoms with van der Waals surface area (Å²) in [7, 11) is 3.92. The lowest BCUT2D eigenvalue weighted by atomic mass is 10.1. The van der Waals surface area contributed by atoms with Crippen LogP contribution >= 0.6 is 12.4 Å². The molecule has 0 fully saturated rings. The van der Waals surface area contributed by atoms with E-state index in [4.69, 9.17) is 5.73 Å². The van der Waals surface area contributed by atoms with E-state index in [2.05, 4.69) is 0 Å². The summed E-state index contributed by atoms with van der Waals surface area (Å²) >= 11 is 0. The molecule has 0 saturated carbocycles. The maximum atomic E-state index is 11.2. The zero-order chi connectivity index (χ0) is 9.84. The van der Waals surface area contributed by atoms with E-state index in [9.17, 15) is 4.79 Å². The second-order valence-corrected chi connectivity index (χ2v) is 3.07. The Kier molecular flexibility index (Phi) is 5.20. The number of halogens is 1. The zero-order valence-corrected chi connectivity index (χ0v) is 9.17. The molecule has 0 heterocycles. The van der Waals surface area contributed by atoms with Crippen molar-refractivity contribution in [1.29, 1.82) is 0 Å². The molecule has 0 aliphatic heterocycles. The summed E-state index contributed by atoms with van der Waals surface area (Å²) in [6.45, 7) is 0.0707. The zero-order valence-electron chi connectivity index (χ0n) is 8.36. The van der Waals surface area contributed by atoms with Gasteiger partial charge in [0.25, 0.3) is 0 Å². The Labute approximate surface area is 90.3 Å². The third-order valence-corrected chi connectivity index (χ3v) is 1.89. The van der Waals surface area contributed by atoms with Crippen LogP contribution in [0.4, 0.5) is 5.69 Å². The minimum absolute atomic E-state index is 0. The van der Waals surface area contributed by atoms with Crippen LogP contribution < -0.4 is 10.6 Å². The van der Waals surface area contributed by atoms with Gasteiger partial charge >= 0.3 is 0 Å². The highest BCUT2D eigenvalue weighted by Crippen LogP contribution is 2.12. The number of carbonyl (C=O) groups excluding carboxylic acids is 1. The molecule has 0 atom stereocenters. The van der Waals surface area contributed by atoms with Gasteiger partial charge in [-0.25, -0.2) is 0 Å². The molecule has 3 nitrogen and oxygen atoms in total. The smallest absolute Gasteiger partial charge is 0.176 e. The van der Waals surface area contributed by atoms with Gasteiger partial charge < -0.3 is 10.6 Å². The Bertz CT molecular complexity index is 295. The van der Waals surface area contributed by atoms with E-state index in [0.29, 0.717) is 5.56 Å². The summed E-state index contributed by atoms with van der Waals surface area (Å²) in [4.78, 5) is 13.1. The van der Waals surface area contributed by atoms with Crippen molar-refractivity contribution in [3.63, 3.8) is 0 Å². The summed E-state index contributed by atoms with van der Waals surface area (Å²) in [6.07, 6.45) is 0. The number of carbonyl (C=O) groups is 1. The highest BCUT2D eigenvalue weighted by Gasteiger charge is 2.02. The summed E-state index contributed by atoms with van der Waals surface area (Å²) in [6, 6.07) is 7.40. The maximum Gasteiger partial charge on any atom is 0.176 e. The molecule has 0 aromatic heterocycles. The lowest BCUT2D eigenvalue weighted by Gasteiger charge is -2.12. The van der Waals surface area contributed by atoms with Crippen LogP contribution in [0.15, 0.2) is 24.3 Å². The first-order valence-corrected chi connectivity index (χ1v) is 4.16. The summed E-state index contributed by atoms with van der Waals surface area (Å²) < 4.78 is 0. The van der Waals surface area contributed by atoms with Gasteiger partial charge in [-0.05, 0) is 24.3 Å². The van der Waals surface area contributed by atoms with E-state index in [1.54, 1.807) is 12.1 Å². The fourth-order valence-electron chi connectivity index (χ4n) is 1.06. The number of benzene rings is 1. The predicted octanol–water partition coefficient (Wildman–Crippen LogP) is 1.32. The van der Waals surface area contributed by atoms with Crippen LogP contribution in [-0.2, 0) is 0 Å². The Morgan fingerprint density at radius 2 is 1.79 bits per heavy atom. The average Bonchev–Trinajstić information content (AvgIpc) is 2.17. The van der Waals surface area contributed by atoms with E-state index in [-0.39, 0.29) is 24.7 Å².